The molecule has 0 aliphatic carbocycles. The van der Waals surface area contributed by atoms with Gasteiger partial charge in [-0.3, -0.25) is 4.79 Å². The smallest absolute Gasteiger partial charge is 0.162 e. The Morgan fingerprint density at radius 2 is 1.53 bits per heavy atom. The van der Waals surface area contributed by atoms with Crippen LogP contribution in [0.4, 0.5) is 11.6 Å². The van der Waals surface area contributed by atoms with Crippen molar-refractivity contribution in [2.75, 3.05) is 5.01 Å². The molecule has 0 spiro atoms. The van der Waals surface area contributed by atoms with E-state index in [9.17, 15) is 4.79 Å². The van der Waals surface area contributed by atoms with Crippen molar-refractivity contribution < 1.29 is 4.79 Å². The molecule has 0 fully saturated rings. The SMILES string of the molecule is Cc1cccc(N(N=CC=O)c2cccc(C)n2)n1. The minimum atomic E-state index is 0.621. The first-order chi connectivity index (χ1) is 9.20. The minimum absolute atomic E-state index is 0.621. The molecule has 0 aromatic carbocycles. The van der Waals surface area contributed by atoms with Gasteiger partial charge in [0.05, 0.1) is 6.21 Å². The summed E-state index contributed by atoms with van der Waals surface area (Å²) in [5, 5.41) is 5.62. The van der Waals surface area contributed by atoms with Crippen LogP contribution in [-0.4, -0.2) is 22.5 Å². The van der Waals surface area contributed by atoms with Gasteiger partial charge in [0.1, 0.15) is 0 Å². The number of carbonyl (C=O) groups excluding carboxylic acids is 1. The zero-order valence-electron chi connectivity index (χ0n) is 10.8. The number of carbonyl (C=O) groups is 1. The molecule has 0 unspecified atom stereocenters. The number of nitrogens with zero attached hydrogens (tertiary/aromatic N) is 4. The van der Waals surface area contributed by atoms with E-state index in [1.807, 2.05) is 50.2 Å². The highest BCUT2D eigenvalue weighted by atomic mass is 16.1. The quantitative estimate of drug-likeness (QED) is 0.477. The molecule has 0 N–H and O–H groups in total. The van der Waals surface area contributed by atoms with Crippen LogP contribution in [0.2, 0.25) is 0 Å². The lowest BCUT2D eigenvalue weighted by Crippen LogP contribution is -2.13. The fourth-order valence-electron chi connectivity index (χ4n) is 1.62. The third-order valence-corrected chi connectivity index (χ3v) is 2.42. The van der Waals surface area contributed by atoms with Crippen LogP contribution < -0.4 is 5.01 Å². The second-order valence-electron chi connectivity index (χ2n) is 3.99. The van der Waals surface area contributed by atoms with Crippen LogP contribution in [0.1, 0.15) is 11.4 Å². The van der Waals surface area contributed by atoms with E-state index in [1.165, 1.54) is 11.2 Å². The van der Waals surface area contributed by atoms with Gasteiger partial charge >= 0.3 is 0 Å². The first kappa shape index (κ1) is 12.9. The largest absolute Gasteiger partial charge is 0.297 e. The highest BCUT2D eigenvalue weighted by Gasteiger charge is 2.10. The van der Waals surface area contributed by atoms with Crippen molar-refractivity contribution in [1.29, 1.82) is 0 Å². The van der Waals surface area contributed by atoms with Crippen LogP contribution >= 0.6 is 0 Å². The summed E-state index contributed by atoms with van der Waals surface area (Å²) in [7, 11) is 0. The van der Waals surface area contributed by atoms with Crippen LogP contribution in [0.25, 0.3) is 0 Å². The average Bonchev–Trinajstić information content (AvgIpc) is 2.39. The predicted molar refractivity (Wildman–Crippen MR) is 74.6 cm³/mol. The van der Waals surface area contributed by atoms with Crippen molar-refractivity contribution in [1.82, 2.24) is 9.97 Å². The van der Waals surface area contributed by atoms with Gasteiger partial charge in [0, 0.05) is 11.4 Å². The molecule has 5 heteroatoms. The summed E-state index contributed by atoms with van der Waals surface area (Å²) >= 11 is 0. The van der Waals surface area contributed by atoms with Crippen LogP contribution in [0.5, 0.6) is 0 Å². The van der Waals surface area contributed by atoms with Crippen molar-refractivity contribution in [3.8, 4) is 0 Å². The molecular weight excluding hydrogens is 240 g/mol. The first-order valence-corrected chi connectivity index (χ1v) is 5.86. The Kier molecular flexibility index (Phi) is 3.97. The lowest BCUT2D eigenvalue weighted by atomic mass is 10.3. The Morgan fingerprint density at radius 1 is 1.00 bits per heavy atom. The van der Waals surface area contributed by atoms with Gasteiger partial charge in [-0.2, -0.15) is 10.1 Å². The van der Waals surface area contributed by atoms with Gasteiger partial charge in [-0.05, 0) is 38.1 Å². The number of hydrogen-bond acceptors (Lipinski definition) is 5. The molecule has 0 aliphatic rings. The van der Waals surface area contributed by atoms with E-state index in [2.05, 4.69) is 15.1 Å². The molecule has 96 valence electrons. The van der Waals surface area contributed by atoms with Crippen molar-refractivity contribution in [3.63, 3.8) is 0 Å². The zero-order valence-corrected chi connectivity index (χ0v) is 10.8. The summed E-state index contributed by atoms with van der Waals surface area (Å²) in [6.45, 7) is 3.80. The molecule has 5 nitrogen and oxygen atoms in total. The number of pyridine rings is 2. The molecule has 19 heavy (non-hydrogen) atoms. The average molecular weight is 254 g/mol. The molecule has 2 aromatic rings. The molecule has 2 aromatic heterocycles. The third kappa shape index (κ3) is 3.22. The lowest BCUT2D eigenvalue weighted by Gasteiger charge is -2.17. The van der Waals surface area contributed by atoms with Gasteiger partial charge in [0.15, 0.2) is 17.9 Å². The Balaban J connectivity index is 2.47. The highest BCUT2D eigenvalue weighted by Crippen LogP contribution is 2.22. The van der Waals surface area contributed by atoms with E-state index in [1.54, 1.807) is 0 Å². The number of hydrazone groups is 1. The summed E-state index contributed by atoms with van der Waals surface area (Å²) < 4.78 is 0. The maximum absolute atomic E-state index is 10.5. The molecule has 0 bridgehead atoms. The van der Waals surface area contributed by atoms with Crippen LogP contribution in [0.3, 0.4) is 0 Å². The molecule has 0 radical (unpaired) electrons. The van der Waals surface area contributed by atoms with Crippen molar-refractivity contribution in [2.45, 2.75) is 13.8 Å². The number of anilines is 2. The van der Waals surface area contributed by atoms with E-state index in [0.29, 0.717) is 17.9 Å². The lowest BCUT2D eigenvalue weighted by molar-refractivity contribution is -0.102. The second-order valence-corrected chi connectivity index (χ2v) is 3.99. The van der Waals surface area contributed by atoms with Gasteiger partial charge in [-0.1, -0.05) is 12.1 Å². The summed E-state index contributed by atoms with van der Waals surface area (Å²) in [5.74, 6) is 1.24. The van der Waals surface area contributed by atoms with E-state index in [-0.39, 0.29) is 0 Å². The Labute approximate surface area is 111 Å². The normalized spacial score (nSPS) is 10.6. The Hall–Kier alpha value is -2.56. The van der Waals surface area contributed by atoms with Crippen LogP contribution in [0.15, 0.2) is 41.5 Å². The van der Waals surface area contributed by atoms with Gasteiger partial charge < -0.3 is 0 Å². The fraction of sp³-hybridized carbons (Fsp3) is 0.143. The number of rotatable bonds is 4. The van der Waals surface area contributed by atoms with Crippen molar-refractivity contribution >= 4 is 24.1 Å². The van der Waals surface area contributed by atoms with Gasteiger partial charge in [0.25, 0.3) is 0 Å². The molecule has 0 aliphatic heterocycles. The van der Waals surface area contributed by atoms with Crippen molar-refractivity contribution in [2.24, 2.45) is 5.10 Å². The maximum atomic E-state index is 10.5. The molecule has 0 atom stereocenters. The number of aromatic nitrogens is 2. The Morgan fingerprint density at radius 3 is 1.95 bits per heavy atom. The maximum Gasteiger partial charge on any atom is 0.162 e. The number of aryl methyl sites for hydroxylation is 2. The zero-order chi connectivity index (χ0) is 13.7. The highest BCUT2D eigenvalue weighted by molar-refractivity contribution is 6.13. The summed E-state index contributed by atoms with van der Waals surface area (Å²) in [6.07, 6.45) is 1.80. The molecule has 2 rings (SSSR count). The summed E-state index contributed by atoms with van der Waals surface area (Å²) in [4.78, 5) is 19.3. The van der Waals surface area contributed by atoms with E-state index in [4.69, 9.17) is 0 Å². The predicted octanol–water partition coefficient (Wildman–Crippen LogP) is 2.42. The van der Waals surface area contributed by atoms with E-state index >= 15 is 0 Å². The van der Waals surface area contributed by atoms with Gasteiger partial charge in [0.2, 0.25) is 0 Å². The van der Waals surface area contributed by atoms with Gasteiger partial charge in [-0.25, -0.2) is 9.97 Å². The molecule has 0 amide bonds. The monoisotopic (exact) mass is 254 g/mol. The number of aldehydes is 1. The third-order valence-electron chi connectivity index (χ3n) is 2.42. The Bertz CT molecular complexity index is 564. The second kappa shape index (κ2) is 5.86. The van der Waals surface area contributed by atoms with E-state index < -0.39 is 0 Å². The summed E-state index contributed by atoms with van der Waals surface area (Å²) in [5.41, 5.74) is 1.74. The molecular formula is C14H14N4O. The minimum Gasteiger partial charge on any atom is -0.297 e. The van der Waals surface area contributed by atoms with Crippen LogP contribution in [-0.2, 0) is 4.79 Å². The van der Waals surface area contributed by atoms with Gasteiger partial charge in [-0.15, -0.1) is 0 Å². The molecule has 0 saturated heterocycles. The van der Waals surface area contributed by atoms with Crippen LogP contribution in [0, 0.1) is 13.8 Å². The molecule has 0 saturated carbocycles. The molecule has 2 heterocycles. The first-order valence-electron chi connectivity index (χ1n) is 5.86. The van der Waals surface area contributed by atoms with E-state index in [0.717, 1.165) is 11.4 Å². The fourth-order valence-corrected chi connectivity index (χ4v) is 1.62. The topological polar surface area (TPSA) is 58.5 Å². The standard InChI is InChI=1S/C14H14N4O/c1-11-5-3-7-13(16-11)18(15-9-10-19)14-8-4-6-12(2)17-14/h3-10H,1-2H3. The summed E-state index contributed by atoms with van der Waals surface area (Å²) in [6, 6.07) is 11.2. The van der Waals surface area contributed by atoms with Crippen molar-refractivity contribution in [3.05, 3.63) is 47.8 Å². The number of hydrogen-bond donors (Lipinski definition) is 0.